The van der Waals surface area contributed by atoms with Crippen molar-refractivity contribution in [1.82, 2.24) is 19.4 Å². The molecule has 4 aromatic rings. The van der Waals surface area contributed by atoms with Gasteiger partial charge in [-0.2, -0.15) is 0 Å². The SMILES string of the molecule is O=C(Nc1cccn2ccnc12)c1ccc2nc[nH]c2c1. The molecule has 102 valence electrons. The fraction of sp³-hybridized carbons (Fsp3) is 0. The lowest BCUT2D eigenvalue weighted by molar-refractivity contribution is 0.102. The second-order valence-corrected chi connectivity index (χ2v) is 4.67. The summed E-state index contributed by atoms with van der Waals surface area (Å²) in [5.41, 5.74) is 3.63. The molecule has 0 aliphatic carbocycles. The lowest BCUT2D eigenvalue weighted by atomic mass is 10.2. The standard InChI is InChI=1S/C15H11N5O/c21-15(10-3-4-11-13(8-10)18-9-17-11)19-12-2-1-6-20-7-5-16-14(12)20/h1-9H,(H,17,18)(H,19,21). The number of carbonyl (C=O) groups excluding carboxylic acids is 1. The van der Waals surface area contributed by atoms with Crippen molar-refractivity contribution in [1.29, 1.82) is 0 Å². The number of nitrogens with zero attached hydrogens (tertiary/aromatic N) is 3. The Kier molecular flexibility index (Phi) is 2.47. The van der Waals surface area contributed by atoms with Gasteiger partial charge in [-0.3, -0.25) is 4.79 Å². The highest BCUT2D eigenvalue weighted by Gasteiger charge is 2.10. The third-order valence-corrected chi connectivity index (χ3v) is 3.35. The van der Waals surface area contributed by atoms with Crippen LogP contribution in [0, 0.1) is 0 Å². The summed E-state index contributed by atoms with van der Waals surface area (Å²) in [6.07, 6.45) is 7.02. The fourth-order valence-corrected chi connectivity index (χ4v) is 2.32. The second kappa shape index (κ2) is 4.45. The van der Waals surface area contributed by atoms with Crippen LogP contribution >= 0.6 is 0 Å². The summed E-state index contributed by atoms with van der Waals surface area (Å²) in [4.78, 5) is 23.7. The number of carbonyl (C=O) groups is 1. The van der Waals surface area contributed by atoms with E-state index in [1.807, 2.05) is 35.0 Å². The molecule has 0 aliphatic rings. The summed E-state index contributed by atoms with van der Waals surface area (Å²) < 4.78 is 1.85. The lowest BCUT2D eigenvalue weighted by Gasteiger charge is -2.06. The van der Waals surface area contributed by atoms with Crippen LogP contribution in [0.4, 0.5) is 5.69 Å². The second-order valence-electron chi connectivity index (χ2n) is 4.67. The highest BCUT2D eigenvalue weighted by atomic mass is 16.1. The third-order valence-electron chi connectivity index (χ3n) is 3.35. The number of imidazole rings is 2. The third kappa shape index (κ3) is 1.93. The van der Waals surface area contributed by atoms with E-state index in [9.17, 15) is 4.79 Å². The van der Waals surface area contributed by atoms with Gasteiger partial charge in [0.2, 0.25) is 0 Å². The van der Waals surface area contributed by atoms with Gasteiger partial charge >= 0.3 is 0 Å². The fourth-order valence-electron chi connectivity index (χ4n) is 2.32. The number of pyridine rings is 1. The van der Waals surface area contributed by atoms with Gasteiger partial charge in [0.15, 0.2) is 5.65 Å². The van der Waals surface area contributed by atoms with Gasteiger partial charge in [-0.05, 0) is 30.3 Å². The zero-order valence-corrected chi connectivity index (χ0v) is 10.9. The summed E-state index contributed by atoms with van der Waals surface area (Å²) >= 11 is 0. The average molecular weight is 277 g/mol. The van der Waals surface area contributed by atoms with Crippen molar-refractivity contribution in [2.45, 2.75) is 0 Å². The van der Waals surface area contributed by atoms with Crippen molar-refractivity contribution in [3.8, 4) is 0 Å². The van der Waals surface area contributed by atoms with Crippen LogP contribution in [0.15, 0.2) is 55.2 Å². The van der Waals surface area contributed by atoms with Gasteiger partial charge in [-0.15, -0.1) is 0 Å². The monoisotopic (exact) mass is 277 g/mol. The number of aromatic amines is 1. The van der Waals surface area contributed by atoms with Crippen molar-refractivity contribution >= 4 is 28.3 Å². The van der Waals surface area contributed by atoms with Crippen molar-refractivity contribution in [3.63, 3.8) is 0 Å². The quantitative estimate of drug-likeness (QED) is 0.591. The molecule has 1 aromatic carbocycles. The van der Waals surface area contributed by atoms with Gasteiger partial charge in [0.25, 0.3) is 5.91 Å². The predicted octanol–water partition coefficient (Wildman–Crippen LogP) is 2.46. The largest absolute Gasteiger partial charge is 0.345 e. The number of fused-ring (bicyclic) bond motifs is 2. The first-order chi connectivity index (χ1) is 10.3. The molecule has 0 radical (unpaired) electrons. The number of anilines is 1. The molecule has 21 heavy (non-hydrogen) atoms. The van der Waals surface area contributed by atoms with Crippen LogP contribution in [0.3, 0.4) is 0 Å². The van der Waals surface area contributed by atoms with E-state index in [-0.39, 0.29) is 5.91 Å². The highest BCUT2D eigenvalue weighted by Crippen LogP contribution is 2.17. The minimum atomic E-state index is -0.178. The van der Waals surface area contributed by atoms with E-state index in [1.54, 1.807) is 24.7 Å². The summed E-state index contributed by atoms with van der Waals surface area (Å²) in [6.45, 7) is 0. The van der Waals surface area contributed by atoms with E-state index in [4.69, 9.17) is 0 Å². The Labute approximate surface area is 119 Å². The molecule has 4 rings (SSSR count). The molecule has 6 nitrogen and oxygen atoms in total. The number of aromatic nitrogens is 4. The zero-order valence-electron chi connectivity index (χ0n) is 10.9. The highest BCUT2D eigenvalue weighted by molar-refractivity contribution is 6.07. The Hall–Kier alpha value is -3.15. The van der Waals surface area contributed by atoms with Crippen LogP contribution in [-0.2, 0) is 0 Å². The molecule has 1 amide bonds. The smallest absolute Gasteiger partial charge is 0.255 e. The van der Waals surface area contributed by atoms with Gasteiger partial charge in [0, 0.05) is 24.2 Å². The molecule has 0 bridgehead atoms. The number of amides is 1. The van der Waals surface area contributed by atoms with E-state index < -0.39 is 0 Å². The Morgan fingerprint density at radius 1 is 1.19 bits per heavy atom. The van der Waals surface area contributed by atoms with E-state index in [1.165, 1.54) is 0 Å². The predicted molar refractivity (Wildman–Crippen MR) is 79.2 cm³/mol. The molecular formula is C15H11N5O. The Morgan fingerprint density at radius 3 is 3.10 bits per heavy atom. The van der Waals surface area contributed by atoms with Gasteiger partial charge in [0.05, 0.1) is 23.0 Å². The van der Waals surface area contributed by atoms with Crippen molar-refractivity contribution in [2.75, 3.05) is 5.32 Å². The molecule has 0 saturated heterocycles. The lowest BCUT2D eigenvalue weighted by Crippen LogP contribution is -2.12. The van der Waals surface area contributed by atoms with E-state index in [2.05, 4.69) is 20.3 Å². The molecule has 3 aromatic heterocycles. The maximum absolute atomic E-state index is 12.4. The van der Waals surface area contributed by atoms with Gasteiger partial charge in [0.1, 0.15) is 0 Å². The topological polar surface area (TPSA) is 75.1 Å². The molecule has 0 spiro atoms. The maximum Gasteiger partial charge on any atom is 0.255 e. The number of H-pyrrole nitrogens is 1. The van der Waals surface area contributed by atoms with Crippen LogP contribution in [0.2, 0.25) is 0 Å². The molecule has 6 heteroatoms. The Morgan fingerprint density at radius 2 is 2.14 bits per heavy atom. The minimum Gasteiger partial charge on any atom is -0.345 e. The first kappa shape index (κ1) is 11.7. The first-order valence-corrected chi connectivity index (χ1v) is 6.47. The number of nitrogens with one attached hydrogen (secondary N) is 2. The summed E-state index contributed by atoms with van der Waals surface area (Å²) in [7, 11) is 0. The normalized spacial score (nSPS) is 11.0. The number of benzene rings is 1. The minimum absolute atomic E-state index is 0.178. The van der Waals surface area contributed by atoms with E-state index in [0.717, 1.165) is 11.0 Å². The molecule has 2 N–H and O–H groups in total. The van der Waals surface area contributed by atoms with Gasteiger partial charge in [-0.1, -0.05) is 0 Å². The van der Waals surface area contributed by atoms with Crippen LogP contribution < -0.4 is 5.32 Å². The van der Waals surface area contributed by atoms with Crippen molar-refractivity contribution in [2.24, 2.45) is 0 Å². The van der Waals surface area contributed by atoms with Crippen LogP contribution in [0.5, 0.6) is 0 Å². The number of rotatable bonds is 2. The number of hydrogen-bond donors (Lipinski definition) is 2. The molecular weight excluding hydrogens is 266 g/mol. The van der Waals surface area contributed by atoms with E-state index >= 15 is 0 Å². The first-order valence-electron chi connectivity index (χ1n) is 6.47. The molecule has 0 aliphatic heterocycles. The van der Waals surface area contributed by atoms with Gasteiger partial charge < -0.3 is 14.7 Å². The summed E-state index contributed by atoms with van der Waals surface area (Å²) in [5, 5.41) is 2.89. The maximum atomic E-state index is 12.4. The van der Waals surface area contributed by atoms with Crippen molar-refractivity contribution in [3.05, 3.63) is 60.8 Å². The average Bonchev–Trinajstić information content (AvgIpc) is 3.15. The summed E-state index contributed by atoms with van der Waals surface area (Å²) in [5.74, 6) is -0.178. The van der Waals surface area contributed by atoms with Crippen molar-refractivity contribution < 1.29 is 4.79 Å². The van der Waals surface area contributed by atoms with E-state index in [0.29, 0.717) is 16.9 Å². The summed E-state index contributed by atoms with van der Waals surface area (Å²) in [6, 6.07) is 9.04. The molecule has 3 heterocycles. The molecule has 0 unspecified atom stereocenters. The van der Waals surface area contributed by atoms with Crippen LogP contribution in [0.1, 0.15) is 10.4 Å². The number of hydrogen-bond acceptors (Lipinski definition) is 3. The Bertz CT molecular complexity index is 953. The Balaban J connectivity index is 1.70. The molecule has 0 atom stereocenters. The molecule has 0 fully saturated rings. The zero-order chi connectivity index (χ0) is 14.2. The molecule has 0 saturated carbocycles. The van der Waals surface area contributed by atoms with Crippen LogP contribution in [0.25, 0.3) is 16.7 Å². The van der Waals surface area contributed by atoms with Crippen LogP contribution in [-0.4, -0.2) is 25.3 Å². The van der Waals surface area contributed by atoms with Gasteiger partial charge in [-0.25, -0.2) is 9.97 Å².